The van der Waals surface area contributed by atoms with E-state index in [0.717, 1.165) is 13.0 Å². The molecular formula is C14H15N3O3. The van der Waals surface area contributed by atoms with Crippen LogP contribution in [0.2, 0.25) is 0 Å². The van der Waals surface area contributed by atoms with Gasteiger partial charge in [-0.05, 0) is 30.7 Å². The van der Waals surface area contributed by atoms with Gasteiger partial charge in [0.2, 0.25) is 0 Å². The number of carboxylic acids is 1. The minimum absolute atomic E-state index is 0.0580. The second-order valence-electron chi connectivity index (χ2n) is 4.28. The first-order valence-electron chi connectivity index (χ1n) is 6.27. The normalized spacial score (nSPS) is 10.2. The third kappa shape index (κ3) is 3.03. The Morgan fingerprint density at radius 2 is 2.15 bits per heavy atom. The fraction of sp³-hybridized carbons (Fsp3) is 0.214. The second-order valence-corrected chi connectivity index (χ2v) is 4.28. The molecule has 2 N–H and O–H groups in total. The Morgan fingerprint density at radius 3 is 2.75 bits per heavy atom. The van der Waals surface area contributed by atoms with E-state index in [1.54, 1.807) is 6.07 Å². The molecule has 0 aliphatic rings. The minimum Gasteiger partial charge on any atom is -0.477 e. The van der Waals surface area contributed by atoms with E-state index in [4.69, 9.17) is 5.11 Å². The maximum atomic E-state index is 12.1. The molecule has 6 nitrogen and oxygen atoms in total. The zero-order valence-electron chi connectivity index (χ0n) is 11.0. The average molecular weight is 273 g/mol. The van der Waals surface area contributed by atoms with Crippen LogP contribution >= 0.6 is 0 Å². The van der Waals surface area contributed by atoms with Crippen LogP contribution in [0.1, 0.15) is 34.3 Å². The minimum atomic E-state index is -1.10. The summed E-state index contributed by atoms with van der Waals surface area (Å²) >= 11 is 0. The number of anilines is 1. The number of pyridine rings is 1. The van der Waals surface area contributed by atoms with Crippen molar-refractivity contribution in [1.82, 2.24) is 9.55 Å². The number of aryl methyl sites for hydroxylation is 1. The Kier molecular flexibility index (Phi) is 4.14. The molecule has 104 valence electrons. The molecule has 0 aromatic carbocycles. The Hall–Kier alpha value is -2.63. The molecule has 1 amide bonds. The van der Waals surface area contributed by atoms with Crippen LogP contribution in [0.15, 0.2) is 36.7 Å². The van der Waals surface area contributed by atoms with Crippen molar-refractivity contribution in [2.75, 3.05) is 5.32 Å². The van der Waals surface area contributed by atoms with Crippen LogP contribution < -0.4 is 5.32 Å². The molecule has 0 saturated carbocycles. The predicted octanol–water partition coefficient (Wildman–Crippen LogP) is 2.24. The number of aromatic nitrogens is 2. The van der Waals surface area contributed by atoms with Gasteiger partial charge < -0.3 is 15.0 Å². The number of aromatic carboxylic acids is 1. The van der Waals surface area contributed by atoms with E-state index in [9.17, 15) is 9.59 Å². The van der Waals surface area contributed by atoms with E-state index in [1.807, 2.05) is 23.8 Å². The number of carbonyl (C=O) groups is 2. The van der Waals surface area contributed by atoms with E-state index in [0.29, 0.717) is 11.4 Å². The molecule has 0 atom stereocenters. The van der Waals surface area contributed by atoms with Crippen molar-refractivity contribution in [2.24, 2.45) is 0 Å². The van der Waals surface area contributed by atoms with Gasteiger partial charge in [-0.3, -0.25) is 4.79 Å². The highest BCUT2D eigenvalue weighted by atomic mass is 16.4. The number of nitrogens with zero attached hydrogens (tertiary/aromatic N) is 2. The Labute approximate surface area is 116 Å². The summed E-state index contributed by atoms with van der Waals surface area (Å²) in [7, 11) is 0. The summed E-state index contributed by atoms with van der Waals surface area (Å²) in [5.41, 5.74) is 0.968. The van der Waals surface area contributed by atoms with E-state index in [2.05, 4.69) is 10.3 Å². The third-order valence-electron chi connectivity index (χ3n) is 2.77. The van der Waals surface area contributed by atoms with Gasteiger partial charge in [0, 0.05) is 12.7 Å². The van der Waals surface area contributed by atoms with Crippen LogP contribution in [0.25, 0.3) is 0 Å². The SMILES string of the molecule is CCCn1cccc1C(=O)Nc1ccc(C(=O)O)nc1. The molecule has 20 heavy (non-hydrogen) atoms. The molecule has 0 aliphatic carbocycles. The van der Waals surface area contributed by atoms with Gasteiger partial charge in [-0.25, -0.2) is 9.78 Å². The van der Waals surface area contributed by atoms with Crippen LogP contribution in [0.3, 0.4) is 0 Å². The summed E-state index contributed by atoms with van der Waals surface area (Å²) in [5.74, 6) is -1.34. The molecule has 0 fully saturated rings. The molecule has 2 rings (SSSR count). The summed E-state index contributed by atoms with van der Waals surface area (Å²) in [6.07, 6.45) is 4.11. The van der Waals surface area contributed by atoms with Gasteiger partial charge in [0.1, 0.15) is 11.4 Å². The first-order valence-corrected chi connectivity index (χ1v) is 6.27. The van der Waals surface area contributed by atoms with Gasteiger partial charge in [0.15, 0.2) is 0 Å². The monoisotopic (exact) mass is 273 g/mol. The van der Waals surface area contributed by atoms with E-state index >= 15 is 0 Å². The fourth-order valence-corrected chi connectivity index (χ4v) is 1.85. The largest absolute Gasteiger partial charge is 0.477 e. The van der Waals surface area contributed by atoms with Gasteiger partial charge in [-0.2, -0.15) is 0 Å². The first kappa shape index (κ1) is 13.8. The number of carboxylic acid groups (broad SMARTS) is 1. The van der Waals surface area contributed by atoms with Gasteiger partial charge in [0.25, 0.3) is 5.91 Å². The molecular weight excluding hydrogens is 258 g/mol. The molecule has 2 aromatic heterocycles. The van der Waals surface area contributed by atoms with Crippen LogP contribution in [0.4, 0.5) is 5.69 Å². The number of rotatable bonds is 5. The topological polar surface area (TPSA) is 84.2 Å². The van der Waals surface area contributed by atoms with Crippen LogP contribution in [0, 0.1) is 0 Å². The van der Waals surface area contributed by atoms with Crippen LogP contribution in [-0.2, 0) is 6.54 Å². The number of nitrogens with one attached hydrogen (secondary N) is 1. The lowest BCUT2D eigenvalue weighted by Gasteiger charge is -2.08. The Morgan fingerprint density at radius 1 is 1.35 bits per heavy atom. The van der Waals surface area contributed by atoms with Crippen LogP contribution in [0.5, 0.6) is 0 Å². The quantitative estimate of drug-likeness (QED) is 0.875. The number of hydrogen-bond acceptors (Lipinski definition) is 3. The predicted molar refractivity (Wildman–Crippen MR) is 73.9 cm³/mol. The highest BCUT2D eigenvalue weighted by Crippen LogP contribution is 2.10. The highest BCUT2D eigenvalue weighted by Gasteiger charge is 2.11. The van der Waals surface area contributed by atoms with E-state index in [-0.39, 0.29) is 11.6 Å². The first-order chi connectivity index (χ1) is 9.61. The molecule has 0 aliphatic heterocycles. The maximum absolute atomic E-state index is 12.1. The van der Waals surface area contributed by atoms with Crippen molar-refractivity contribution in [3.63, 3.8) is 0 Å². The molecule has 0 unspecified atom stereocenters. The zero-order chi connectivity index (χ0) is 14.5. The molecule has 0 spiro atoms. The van der Waals surface area contributed by atoms with Gasteiger partial charge in [-0.1, -0.05) is 6.92 Å². The summed E-state index contributed by atoms with van der Waals surface area (Å²) in [6, 6.07) is 6.42. The Bertz CT molecular complexity index is 617. The van der Waals surface area contributed by atoms with Crippen molar-refractivity contribution in [3.05, 3.63) is 48.0 Å². The smallest absolute Gasteiger partial charge is 0.354 e. The zero-order valence-corrected chi connectivity index (χ0v) is 11.0. The van der Waals surface area contributed by atoms with Gasteiger partial charge in [0.05, 0.1) is 11.9 Å². The lowest BCUT2D eigenvalue weighted by atomic mass is 10.3. The molecule has 0 radical (unpaired) electrons. The molecule has 0 bridgehead atoms. The second kappa shape index (κ2) is 6.01. The maximum Gasteiger partial charge on any atom is 0.354 e. The molecule has 0 saturated heterocycles. The van der Waals surface area contributed by atoms with Gasteiger partial charge in [-0.15, -0.1) is 0 Å². The van der Waals surface area contributed by atoms with Gasteiger partial charge >= 0.3 is 5.97 Å². The standard InChI is InChI=1S/C14H15N3O3/c1-2-7-17-8-3-4-12(17)13(18)16-10-5-6-11(14(19)20)15-9-10/h3-6,8-9H,2,7H2,1H3,(H,16,18)(H,19,20). The average Bonchev–Trinajstić information content (AvgIpc) is 2.88. The van der Waals surface area contributed by atoms with Crippen molar-refractivity contribution >= 4 is 17.6 Å². The summed E-state index contributed by atoms with van der Waals surface area (Å²) < 4.78 is 1.87. The van der Waals surface area contributed by atoms with Crippen molar-refractivity contribution in [1.29, 1.82) is 0 Å². The number of hydrogen-bond donors (Lipinski definition) is 2. The summed E-state index contributed by atoms with van der Waals surface area (Å²) in [6.45, 7) is 2.81. The van der Waals surface area contributed by atoms with Crippen molar-refractivity contribution < 1.29 is 14.7 Å². The Balaban J connectivity index is 2.11. The summed E-state index contributed by atoms with van der Waals surface area (Å²) in [4.78, 5) is 26.5. The molecule has 6 heteroatoms. The molecule has 2 aromatic rings. The van der Waals surface area contributed by atoms with E-state index < -0.39 is 5.97 Å². The van der Waals surface area contributed by atoms with Crippen molar-refractivity contribution in [2.45, 2.75) is 19.9 Å². The lowest BCUT2D eigenvalue weighted by molar-refractivity contribution is 0.0690. The van der Waals surface area contributed by atoms with Crippen molar-refractivity contribution in [3.8, 4) is 0 Å². The van der Waals surface area contributed by atoms with E-state index in [1.165, 1.54) is 18.3 Å². The third-order valence-corrected chi connectivity index (χ3v) is 2.77. The molecule has 2 heterocycles. The fourth-order valence-electron chi connectivity index (χ4n) is 1.85. The summed E-state index contributed by atoms with van der Waals surface area (Å²) in [5, 5.41) is 11.4. The number of carbonyl (C=O) groups excluding carboxylic acids is 1. The number of amides is 1. The highest BCUT2D eigenvalue weighted by molar-refractivity contribution is 6.03. The lowest BCUT2D eigenvalue weighted by Crippen LogP contribution is -2.17. The van der Waals surface area contributed by atoms with Crippen LogP contribution in [-0.4, -0.2) is 26.5 Å².